The topological polar surface area (TPSA) is 17.1 Å². The van der Waals surface area contributed by atoms with E-state index in [2.05, 4.69) is 15.9 Å². The molecule has 1 rings (SSSR count). The van der Waals surface area contributed by atoms with Crippen LogP contribution in [-0.4, -0.2) is 6.29 Å². The van der Waals surface area contributed by atoms with Crippen LogP contribution in [0.15, 0.2) is 28.7 Å². The third-order valence-corrected chi connectivity index (χ3v) is 2.70. The summed E-state index contributed by atoms with van der Waals surface area (Å²) < 4.78 is 1.10. The quantitative estimate of drug-likeness (QED) is 0.739. The first kappa shape index (κ1) is 10.2. The predicted octanol–water partition coefficient (Wildman–Crippen LogP) is 3.36. The average molecular weight is 239 g/mol. The summed E-state index contributed by atoms with van der Waals surface area (Å²) in [5, 5.41) is 0. The summed E-state index contributed by atoms with van der Waals surface area (Å²) in [6.45, 7) is 2.05. The summed E-state index contributed by atoms with van der Waals surface area (Å²) in [6.07, 6.45) is 5.20. The normalized spacial score (nSPS) is 10.6. The van der Waals surface area contributed by atoms with Gasteiger partial charge >= 0.3 is 0 Å². The summed E-state index contributed by atoms with van der Waals surface area (Å²) >= 11 is 3.45. The van der Waals surface area contributed by atoms with E-state index in [9.17, 15) is 4.79 Å². The van der Waals surface area contributed by atoms with Gasteiger partial charge in [-0.2, -0.15) is 0 Å². The molecular formula is C11H11BrO. The smallest absolute Gasteiger partial charge is 0.123 e. The highest BCUT2D eigenvalue weighted by Gasteiger charge is 1.96. The molecule has 2 heteroatoms. The van der Waals surface area contributed by atoms with Gasteiger partial charge < -0.3 is 4.79 Å². The molecule has 1 nitrogen and oxygen atoms in total. The van der Waals surface area contributed by atoms with Gasteiger partial charge in [0.1, 0.15) is 6.29 Å². The maximum absolute atomic E-state index is 10.1. The van der Waals surface area contributed by atoms with Crippen LogP contribution in [0.25, 0.3) is 6.08 Å². The molecule has 0 unspecified atom stereocenters. The van der Waals surface area contributed by atoms with Crippen molar-refractivity contribution in [1.82, 2.24) is 0 Å². The van der Waals surface area contributed by atoms with E-state index in [1.165, 1.54) is 5.56 Å². The number of hydrogen-bond acceptors (Lipinski definition) is 1. The average Bonchev–Trinajstić information content (AvgIpc) is 2.13. The molecule has 1 aromatic carbocycles. The van der Waals surface area contributed by atoms with Gasteiger partial charge in [-0.25, -0.2) is 0 Å². The van der Waals surface area contributed by atoms with Crippen molar-refractivity contribution < 1.29 is 4.79 Å². The molecule has 0 bridgehead atoms. The van der Waals surface area contributed by atoms with Crippen LogP contribution in [0.5, 0.6) is 0 Å². The Hall–Kier alpha value is -0.890. The molecule has 0 saturated carbocycles. The number of carbonyl (C=O) groups excluding carboxylic acids is 1. The number of hydrogen-bond donors (Lipinski definition) is 0. The number of aldehydes is 1. The van der Waals surface area contributed by atoms with Crippen molar-refractivity contribution in [3.05, 3.63) is 39.9 Å². The third-order valence-electron chi connectivity index (χ3n) is 1.84. The minimum absolute atomic E-state index is 0.478. The fraction of sp³-hybridized carbons (Fsp3) is 0.182. The van der Waals surface area contributed by atoms with E-state index < -0.39 is 0 Å². The highest BCUT2D eigenvalue weighted by atomic mass is 79.9. The first-order valence-electron chi connectivity index (χ1n) is 4.11. The van der Waals surface area contributed by atoms with Crippen LogP contribution in [0, 0.1) is 6.92 Å². The Morgan fingerprint density at radius 1 is 1.46 bits per heavy atom. The molecule has 0 heterocycles. The predicted molar refractivity (Wildman–Crippen MR) is 58.6 cm³/mol. The van der Waals surface area contributed by atoms with Gasteiger partial charge in [-0.1, -0.05) is 40.2 Å². The molecule has 0 aromatic heterocycles. The number of halogens is 1. The summed E-state index contributed by atoms with van der Waals surface area (Å²) in [5.41, 5.74) is 2.35. The molecule has 0 aliphatic carbocycles. The number of allylic oxidation sites excluding steroid dienone is 1. The van der Waals surface area contributed by atoms with E-state index in [1.807, 2.05) is 37.3 Å². The molecular weight excluding hydrogens is 228 g/mol. The Morgan fingerprint density at radius 2 is 2.23 bits per heavy atom. The lowest BCUT2D eigenvalue weighted by Gasteiger charge is -2.01. The van der Waals surface area contributed by atoms with Gasteiger partial charge in [-0.05, 0) is 24.1 Å². The molecule has 13 heavy (non-hydrogen) atoms. The van der Waals surface area contributed by atoms with Crippen LogP contribution >= 0.6 is 15.9 Å². The van der Waals surface area contributed by atoms with Gasteiger partial charge in [-0.3, -0.25) is 0 Å². The molecule has 0 radical (unpaired) electrons. The highest BCUT2D eigenvalue weighted by Crippen LogP contribution is 2.20. The van der Waals surface area contributed by atoms with E-state index in [1.54, 1.807) is 0 Å². The van der Waals surface area contributed by atoms with Gasteiger partial charge in [0.2, 0.25) is 0 Å². The van der Waals surface area contributed by atoms with Crippen molar-refractivity contribution >= 4 is 28.3 Å². The number of benzene rings is 1. The van der Waals surface area contributed by atoms with Crippen molar-refractivity contribution in [2.24, 2.45) is 0 Å². The Balaban J connectivity index is 2.88. The Bertz CT molecular complexity index is 329. The maximum atomic E-state index is 10.1. The van der Waals surface area contributed by atoms with Gasteiger partial charge in [0.25, 0.3) is 0 Å². The standard InChI is InChI=1S/C11H11BrO/c1-9-10(5-2-3-8-13)6-4-7-11(9)12/h2,4-8H,3H2,1H3. The second-order valence-corrected chi connectivity index (χ2v) is 3.61. The largest absolute Gasteiger partial charge is 0.303 e. The molecule has 0 atom stereocenters. The Kier molecular flexibility index (Phi) is 3.90. The fourth-order valence-corrected chi connectivity index (χ4v) is 1.44. The second-order valence-electron chi connectivity index (χ2n) is 2.76. The fourth-order valence-electron chi connectivity index (χ4n) is 1.06. The van der Waals surface area contributed by atoms with Crippen LogP contribution in [0.2, 0.25) is 0 Å². The van der Waals surface area contributed by atoms with Crippen molar-refractivity contribution in [3.8, 4) is 0 Å². The minimum atomic E-state index is 0.478. The van der Waals surface area contributed by atoms with Crippen molar-refractivity contribution in [3.63, 3.8) is 0 Å². The second kappa shape index (κ2) is 4.97. The number of rotatable bonds is 3. The molecule has 0 saturated heterocycles. The lowest BCUT2D eigenvalue weighted by atomic mass is 10.1. The Morgan fingerprint density at radius 3 is 2.92 bits per heavy atom. The van der Waals surface area contributed by atoms with Crippen molar-refractivity contribution in [2.75, 3.05) is 0 Å². The number of carbonyl (C=O) groups is 1. The molecule has 0 aliphatic rings. The first-order valence-corrected chi connectivity index (χ1v) is 4.90. The third kappa shape index (κ3) is 2.81. The zero-order valence-corrected chi connectivity index (χ0v) is 9.04. The Labute approximate surface area is 86.6 Å². The molecule has 0 amide bonds. The van der Waals surface area contributed by atoms with Crippen LogP contribution < -0.4 is 0 Å². The van der Waals surface area contributed by atoms with Crippen molar-refractivity contribution in [2.45, 2.75) is 13.3 Å². The SMILES string of the molecule is Cc1c(Br)cccc1C=CCC=O. The van der Waals surface area contributed by atoms with E-state index in [-0.39, 0.29) is 0 Å². The van der Waals surface area contributed by atoms with E-state index >= 15 is 0 Å². The van der Waals surface area contributed by atoms with E-state index in [4.69, 9.17) is 0 Å². The molecule has 0 spiro atoms. The molecule has 0 N–H and O–H groups in total. The molecule has 0 aliphatic heterocycles. The maximum Gasteiger partial charge on any atom is 0.123 e. The summed E-state index contributed by atoms with van der Waals surface area (Å²) in [4.78, 5) is 10.1. The van der Waals surface area contributed by atoms with Gasteiger partial charge in [0.05, 0.1) is 0 Å². The van der Waals surface area contributed by atoms with Crippen LogP contribution in [0.3, 0.4) is 0 Å². The highest BCUT2D eigenvalue weighted by molar-refractivity contribution is 9.10. The molecule has 68 valence electrons. The van der Waals surface area contributed by atoms with Crippen LogP contribution in [0.4, 0.5) is 0 Å². The van der Waals surface area contributed by atoms with Gasteiger partial charge in [0, 0.05) is 10.9 Å². The summed E-state index contributed by atoms with van der Waals surface area (Å²) in [6, 6.07) is 6.02. The lowest BCUT2D eigenvalue weighted by molar-refractivity contribution is -0.107. The molecule has 0 fully saturated rings. The van der Waals surface area contributed by atoms with Crippen LogP contribution in [0.1, 0.15) is 17.5 Å². The minimum Gasteiger partial charge on any atom is -0.303 e. The molecule has 1 aromatic rings. The monoisotopic (exact) mass is 238 g/mol. The van der Waals surface area contributed by atoms with Crippen LogP contribution in [-0.2, 0) is 4.79 Å². The van der Waals surface area contributed by atoms with Crippen molar-refractivity contribution in [1.29, 1.82) is 0 Å². The summed E-state index contributed by atoms with van der Waals surface area (Å²) in [7, 11) is 0. The first-order chi connectivity index (χ1) is 6.25. The van der Waals surface area contributed by atoms with E-state index in [0.29, 0.717) is 6.42 Å². The zero-order chi connectivity index (χ0) is 9.68. The van der Waals surface area contributed by atoms with Gasteiger partial charge in [0.15, 0.2) is 0 Å². The zero-order valence-electron chi connectivity index (χ0n) is 7.46. The summed E-state index contributed by atoms with van der Waals surface area (Å²) in [5.74, 6) is 0. The van der Waals surface area contributed by atoms with Gasteiger partial charge in [-0.15, -0.1) is 0 Å². The lowest BCUT2D eigenvalue weighted by Crippen LogP contribution is -1.81. The van der Waals surface area contributed by atoms with E-state index in [0.717, 1.165) is 16.3 Å².